The fraction of sp³-hybridized carbons (Fsp3) is 0.385. The average Bonchev–Trinajstić information content (AvgIpc) is 2.36. The van der Waals surface area contributed by atoms with Gasteiger partial charge in [0.05, 0.1) is 10.5 Å². The second-order valence-electron chi connectivity index (χ2n) is 4.90. The number of nitrogens with two attached hydrogens (primary N) is 1. The van der Waals surface area contributed by atoms with Crippen molar-refractivity contribution in [3.63, 3.8) is 0 Å². The van der Waals surface area contributed by atoms with E-state index < -0.39 is 28.0 Å². The highest BCUT2D eigenvalue weighted by Gasteiger charge is 2.22. The van der Waals surface area contributed by atoms with E-state index in [9.17, 15) is 18.0 Å². The average molecular weight is 393 g/mol. The van der Waals surface area contributed by atoms with Crippen LogP contribution in [0.3, 0.4) is 0 Å². The molecule has 1 rings (SSSR count). The molecule has 0 saturated carbocycles. The zero-order valence-electron chi connectivity index (χ0n) is 12.3. The van der Waals surface area contributed by atoms with Gasteiger partial charge in [0.2, 0.25) is 10.0 Å². The molecule has 7 nitrogen and oxygen atoms in total. The predicted octanol–water partition coefficient (Wildman–Crippen LogP) is 1.17. The van der Waals surface area contributed by atoms with Gasteiger partial charge in [0.25, 0.3) is 5.91 Å². The molecule has 0 aliphatic rings. The maximum absolute atomic E-state index is 12.1. The molecule has 0 bridgehead atoms. The molecule has 1 amide bonds. The van der Waals surface area contributed by atoms with E-state index in [2.05, 4.69) is 21.2 Å². The van der Waals surface area contributed by atoms with E-state index in [1.165, 1.54) is 19.1 Å². The Bertz CT molecular complexity index is 688. The van der Waals surface area contributed by atoms with Crippen molar-refractivity contribution >= 4 is 37.8 Å². The first-order valence-corrected chi connectivity index (χ1v) is 8.70. The summed E-state index contributed by atoms with van der Waals surface area (Å²) < 4.78 is 28.0. The van der Waals surface area contributed by atoms with Gasteiger partial charge in [-0.2, -0.15) is 0 Å². The monoisotopic (exact) mass is 392 g/mol. The molecule has 0 fully saturated rings. The lowest BCUT2D eigenvalue weighted by Crippen LogP contribution is -2.39. The van der Waals surface area contributed by atoms with Gasteiger partial charge in [-0.05, 0) is 54.9 Å². The number of rotatable bonds is 5. The third kappa shape index (κ3) is 5.08. The van der Waals surface area contributed by atoms with Gasteiger partial charge in [-0.15, -0.1) is 0 Å². The van der Waals surface area contributed by atoms with Crippen LogP contribution in [0.1, 0.15) is 31.1 Å². The maximum Gasteiger partial charge on any atom is 0.340 e. The molecule has 0 saturated heterocycles. The third-order valence-electron chi connectivity index (χ3n) is 2.57. The van der Waals surface area contributed by atoms with Gasteiger partial charge >= 0.3 is 5.97 Å². The largest absolute Gasteiger partial charge is 0.449 e. The smallest absolute Gasteiger partial charge is 0.340 e. The number of hydrogen-bond acceptors (Lipinski definition) is 5. The molecule has 1 atom stereocenters. The highest BCUT2D eigenvalue weighted by atomic mass is 79.9. The summed E-state index contributed by atoms with van der Waals surface area (Å²) in [4.78, 5) is 23.6. The number of benzene rings is 1. The number of sulfonamides is 1. The third-order valence-corrected chi connectivity index (χ3v) is 4.17. The number of amides is 1. The number of primary sulfonamides is 1. The van der Waals surface area contributed by atoms with E-state index in [0.29, 0.717) is 4.47 Å². The molecule has 0 heterocycles. The van der Waals surface area contributed by atoms with Gasteiger partial charge in [0.1, 0.15) is 0 Å². The minimum Gasteiger partial charge on any atom is -0.449 e. The number of esters is 1. The number of carbonyl (C=O) groups excluding carboxylic acids is 2. The van der Waals surface area contributed by atoms with Gasteiger partial charge < -0.3 is 10.1 Å². The molecule has 122 valence electrons. The van der Waals surface area contributed by atoms with Crippen LogP contribution < -0.4 is 10.5 Å². The van der Waals surface area contributed by atoms with Crippen LogP contribution in [-0.2, 0) is 19.6 Å². The van der Waals surface area contributed by atoms with Crippen molar-refractivity contribution in [3.05, 3.63) is 28.2 Å². The molecule has 9 heteroatoms. The van der Waals surface area contributed by atoms with Crippen LogP contribution in [0, 0.1) is 0 Å². The van der Waals surface area contributed by atoms with Crippen molar-refractivity contribution in [2.24, 2.45) is 5.14 Å². The first kappa shape index (κ1) is 18.6. The summed E-state index contributed by atoms with van der Waals surface area (Å²) in [5, 5.41) is 7.63. The lowest BCUT2D eigenvalue weighted by atomic mass is 10.2. The van der Waals surface area contributed by atoms with Crippen molar-refractivity contribution in [1.29, 1.82) is 0 Å². The van der Waals surface area contributed by atoms with Crippen molar-refractivity contribution in [2.45, 2.75) is 37.8 Å². The summed E-state index contributed by atoms with van der Waals surface area (Å²) in [6.07, 6.45) is -1.01. The summed E-state index contributed by atoms with van der Waals surface area (Å²) in [5.41, 5.74) is -0.0317. The van der Waals surface area contributed by atoms with Crippen molar-refractivity contribution < 1.29 is 22.7 Å². The number of nitrogens with one attached hydrogen (secondary N) is 1. The van der Waals surface area contributed by atoms with E-state index in [-0.39, 0.29) is 16.5 Å². The van der Waals surface area contributed by atoms with E-state index in [1.54, 1.807) is 13.8 Å². The van der Waals surface area contributed by atoms with Gasteiger partial charge in [0.15, 0.2) is 6.10 Å². The Morgan fingerprint density at radius 2 is 1.86 bits per heavy atom. The van der Waals surface area contributed by atoms with Crippen molar-refractivity contribution in [3.8, 4) is 0 Å². The Morgan fingerprint density at radius 1 is 1.27 bits per heavy atom. The van der Waals surface area contributed by atoms with Crippen LogP contribution in [0.4, 0.5) is 0 Å². The van der Waals surface area contributed by atoms with Crippen LogP contribution >= 0.6 is 15.9 Å². The van der Waals surface area contributed by atoms with E-state index >= 15 is 0 Å². The maximum atomic E-state index is 12.1. The summed E-state index contributed by atoms with van der Waals surface area (Å²) in [6.45, 7) is 4.98. The lowest BCUT2D eigenvalue weighted by molar-refractivity contribution is -0.129. The summed E-state index contributed by atoms with van der Waals surface area (Å²) in [7, 11) is -3.94. The van der Waals surface area contributed by atoms with Crippen LogP contribution in [0.5, 0.6) is 0 Å². The first-order valence-electron chi connectivity index (χ1n) is 6.36. The van der Waals surface area contributed by atoms with Gasteiger partial charge in [0, 0.05) is 10.5 Å². The minimum atomic E-state index is -3.94. The molecule has 0 aliphatic heterocycles. The van der Waals surface area contributed by atoms with Crippen LogP contribution in [0.15, 0.2) is 27.6 Å². The Labute approximate surface area is 137 Å². The Morgan fingerprint density at radius 3 is 2.36 bits per heavy atom. The van der Waals surface area contributed by atoms with Gasteiger partial charge in [-0.25, -0.2) is 18.4 Å². The zero-order valence-corrected chi connectivity index (χ0v) is 14.7. The van der Waals surface area contributed by atoms with E-state index in [4.69, 9.17) is 9.88 Å². The van der Waals surface area contributed by atoms with Crippen LogP contribution in [0.25, 0.3) is 0 Å². The fourth-order valence-electron chi connectivity index (χ4n) is 1.52. The highest BCUT2D eigenvalue weighted by Crippen LogP contribution is 2.21. The zero-order chi connectivity index (χ0) is 17.1. The highest BCUT2D eigenvalue weighted by molar-refractivity contribution is 9.10. The molecular weight excluding hydrogens is 376 g/mol. The summed E-state index contributed by atoms with van der Waals surface area (Å²) in [6, 6.07) is 3.63. The van der Waals surface area contributed by atoms with E-state index in [1.807, 2.05) is 0 Å². The standard InChI is InChI=1S/C13H17BrN2O5S/c1-7(2)16-12(17)8(3)21-13(18)10-6-9(22(15,19)20)4-5-11(10)14/h4-8H,1-3H3,(H,16,17)(H2,15,19,20)/t8-/m1/s1. The lowest BCUT2D eigenvalue weighted by Gasteiger charge is -2.16. The molecule has 0 unspecified atom stereocenters. The molecule has 0 radical (unpaired) electrons. The second-order valence-corrected chi connectivity index (χ2v) is 7.31. The topological polar surface area (TPSA) is 116 Å². The Balaban J connectivity index is 2.97. The molecule has 1 aromatic rings. The van der Waals surface area contributed by atoms with Gasteiger partial charge in [-0.1, -0.05) is 0 Å². The predicted molar refractivity (Wildman–Crippen MR) is 83.7 cm³/mol. The molecule has 1 aromatic carbocycles. The molecule has 0 spiro atoms. The second kappa shape index (κ2) is 7.21. The molecule has 0 aliphatic carbocycles. The molecule has 22 heavy (non-hydrogen) atoms. The molecular formula is C13H17BrN2O5S. The minimum absolute atomic E-state index is 0.0317. The van der Waals surface area contributed by atoms with Crippen LogP contribution in [0.2, 0.25) is 0 Å². The number of hydrogen-bond donors (Lipinski definition) is 2. The molecule has 3 N–H and O–H groups in total. The van der Waals surface area contributed by atoms with E-state index in [0.717, 1.165) is 6.07 Å². The number of carbonyl (C=O) groups is 2. The summed E-state index contributed by atoms with van der Waals surface area (Å²) in [5.74, 6) is -1.27. The Kier molecular flexibility index (Phi) is 6.09. The van der Waals surface area contributed by atoms with Gasteiger partial charge in [-0.3, -0.25) is 4.79 Å². The van der Waals surface area contributed by atoms with Crippen molar-refractivity contribution in [2.75, 3.05) is 0 Å². The first-order chi connectivity index (χ1) is 10.0. The summed E-state index contributed by atoms with van der Waals surface area (Å²) >= 11 is 3.13. The SMILES string of the molecule is CC(C)NC(=O)[C@@H](C)OC(=O)c1cc(S(N)(=O)=O)ccc1Br. The van der Waals surface area contributed by atoms with Crippen LogP contribution in [-0.4, -0.2) is 32.4 Å². The fourth-order valence-corrected chi connectivity index (χ4v) is 2.47. The Hall–Kier alpha value is -1.45. The molecule has 0 aromatic heterocycles. The normalized spacial score (nSPS) is 12.8. The number of ether oxygens (including phenoxy) is 1. The quantitative estimate of drug-likeness (QED) is 0.729. The van der Waals surface area contributed by atoms with Crippen molar-refractivity contribution in [1.82, 2.24) is 5.32 Å². The number of halogens is 1.